The maximum absolute atomic E-state index is 12.8. The molecule has 13 nitrogen and oxygen atoms in total. The number of hydrogen-bond donors (Lipinski definition) is 6. The number of carbonyl (C=O) groups is 2. The summed E-state index contributed by atoms with van der Waals surface area (Å²) in [6.07, 6.45) is 33.0. The zero-order chi connectivity index (χ0) is 46.4. The Morgan fingerprint density at radius 1 is 0.492 bits per heavy atom. The fourth-order valence-corrected chi connectivity index (χ4v) is 8.18. The summed E-state index contributed by atoms with van der Waals surface area (Å²) in [5.41, 5.74) is 0. The molecule has 8 atom stereocenters. The molecule has 0 aromatic rings. The van der Waals surface area contributed by atoms with Crippen molar-refractivity contribution >= 4 is 19.8 Å². The van der Waals surface area contributed by atoms with E-state index in [1.54, 1.807) is 0 Å². The summed E-state index contributed by atoms with van der Waals surface area (Å²) in [4.78, 5) is 35.7. The van der Waals surface area contributed by atoms with Gasteiger partial charge in [0, 0.05) is 12.8 Å². The number of aliphatic hydroxyl groups excluding tert-OH is 5. The van der Waals surface area contributed by atoms with E-state index < -0.39 is 75.7 Å². The van der Waals surface area contributed by atoms with E-state index in [2.05, 4.69) is 62.5 Å². The lowest BCUT2D eigenvalue weighted by atomic mass is 9.85. The Labute approximate surface area is 380 Å². The zero-order valence-corrected chi connectivity index (χ0v) is 39.8. The number of esters is 2. The third kappa shape index (κ3) is 31.4. The highest BCUT2D eigenvalue weighted by Crippen LogP contribution is 2.47. The Morgan fingerprint density at radius 3 is 1.33 bits per heavy atom. The van der Waals surface area contributed by atoms with Crippen molar-refractivity contribution in [2.45, 2.75) is 236 Å². The van der Waals surface area contributed by atoms with Crippen molar-refractivity contribution in [2.75, 3.05) is 13.2 Å². The molecule has 1 rings (SSSR count). The third-order valence-electron chi connectivity index (χ3n) is 11.2. The number of phosphoric ester groups is 1. The summed E-state index contributed by atoms with van der Waals surface area (Å²) in [7, 11) is -5.13. The molecule has 0 aromatic heterocycles. The van der Waals surface area contributed by atoms with E-state index in [4.69, 9.17) is 18.5 Å². The highest BCUT2D eigenvalue weighted by molar-refractivity contribution is 7.47. The molecular formula is C49H87O13P. The SMILES string of the molecule is CCCCC/C=C/C/C=C/C/C=C/C/C=C/CCCCCC(=O)OC[C@@H](COP(=O)(O)OC1C(O)C(O)C(O)[C@H](O)C1O)OC(=O)CCCCCCCCCCCCCCCCC. The normalized spacial score (nSPS) is 22.1. The van der Waals surface area contributed by atoms with Crippen molar-refractivity contribution in [3.8, 4) is 0 Å². The molecule has 1 fully saturated rings. The molecule has 0 aromatic carbocycles. The number of rotatable bonds is 40. The van der Waals surface area contributed by atoms with E-state index in [1.165, 1.54) is 83.5 Å². The number of unbranched alkanes of at least 4 members (excludes halogenated alkanes) is 20. The van der Waals surface area contributed by atoms with Crippen molar-refractivity contribution in [3.63, 3.8) is 0 Å². The predicted octanol–water partition coefficient (Wildman–Crippen LogP) is 9.95. The van der Waals surface area contributed by atoms with Gasteiger partial charge in [0.1, 0.15) is 43.2 Å². The first-order valence-electron chi connectivity index (χ1n) is 24.4. The standard InChI is InChI=1S/C49H87O13P/c1-3-5-7-9-11-13-15-17-19-20-21-22-24-25-27-29-31-33-35-37-42(50)59-39-41(40-60-63(57,58)62-49-47(55)45(53)44(52)46(54)48(49)56)61-43(51)38-36-34-32-30-28-26-23-18-16-14-12-10-8-6-4-2/h11,13,17,19,21-22,25,27,41,44-49,52-56H,3-10,12,14-16,18,20,23-24,26,28-40H2,1-2H3,(H,57,58)/b13-11+,19-17+,22-21+,27-25+/t41-,44?,45-,46?,47?,48?,49?/m0/s1. The van der Waals surface area contributed by atoms with Gasteiger partial charge in [-0.25, -0.2) is 4.57 Å². The van der Waals surface area contributed by atoms with Crippen molar-refractivity contribution in [2.24, 2.45) is 0 Å². The fraction of sp³-hybridized carbons (Fsp3) is 0.796. The lowest BCUT2D eigenvalue weighted by Crippen LogP contribution is -2.64. The lowest BCUT2D eigenvalue weighted by molar-refractivity contribution is -0.220. The van der Waals surface area contributed by atoms with Crippen LogP contribution in [0.5, 0.6) is 0 Å². The minimum Gasteiger partial charge on any atom is -0.462 e. The van der Waals surface area contributed by atoms with E-state index in [0.29, 0.717) is 12.8 Å². The van der Waals surface area contributed by atoms with Crippen LogP contribution >= 0.6 is 7.82 Å². The summed E-state index contributed by atoms with van der Waals surface area (Å²) in [5, 5.41) is 50.2. The van der Waals surface area contributed by atoms with Crippen molar-refractivity contribution < 1.29 is 63.1 Å². The quantitative estimate of drug-likeness (QED) is 0.0147. The summed E-state index contributed by atoms with van der Waals surface area (Å²) >= 11 is 0. The Morgan fingerprint density at radius 2 is 0.857 bits per heavy atom. The van der Waals surface area contributed by atoms with Crippen LogP contribution in [0.25, 0.3) is 0 Å². The van der Waals surface area contributed by atoms with Gasteiger partial charge in [-0.3, -0.25) is 18.6 Å². The minimum atomic E-state index is -5.13. The smallest absolute Gasteiger partial charge is 0.462 e. The number of carbonyl (C=O) groups excluding carboxylic acids is 2. The third-order valence-corrected chi connectivity index (χ3v) is 12.2. The number of hydrogen-bond acceptors (Lipinski definition) is 12. The Bertz CT molecular complexity index is 1290. The first kappa shape index (κ1) is 58.8. The molecule has 0 radical (unpaired) electrons. The zero-order valence-electron chi connectivity index (χ0n) is 38.9. The lowest BCUT2D eigenvalue weighted by Gasteiger charge is -2.41. The molecule has 0 amide bonds. The van der Waals surface area contributed by atoms with Crippen LogP contribution in [-0.2, 0) is 32.7 Å². The van der Waals surface area contributed by atoms with Crippen LogP contribution in [0, 0.1) is 0 Å². The largest absolute Gasteiger partial charge is 0.472 e. The van der Waals surface area contributed by atoms with E-state index in [0.717, 1.165) is 70.6 Å². The van der Waals surface area contributed by atoms with Crippen LogP contribution in [-0.4, -0.2) is 98.3 Å². The van der Waals surface area contributed by atoms with Gasteiger partial charge in [0.15, 0.2) is 6.10 Å². The van der Waals surface area contributed by atoms with Gasteiger partial charge in [-0.05, 0) is 57.8 Å². The maximum Gasteiger partial charge on any atom is 0.472 e. The van der Waals surface area contributed by atoms with Gasteiger partial charge in [-0.2, -0.15) is 0 Å². The van der Waals surface area contributed by atoms with Gasteiger partial charge in [0.2, 0.25) is 0 Å². The summed E-state index contributed by atoms with van der Waals surface area (Å²) in [6, 6.07) is 0. The molecule has 63 heavy (non-hydrogen) atoms. The van der Waals surface area contributed by atoms with Crippen molar-refractivity contribution in [1.29, 1.82) is 0 Å². The van der Waals surface area contributed by atoms with Crippen LogP contribution in [0.3, 0.4) is 0 Å². The molecule has 0 bridgehead atoms. The molecular weight excluding hydrogens is 827 g/mol. The van der Waals surface area contributed by atoms with Crippen LogP contribution in [0.1, 0.15) is 194 Å². The molecule has 6 N–H and O–H groups in total. The molecule has 0 aliphatic heterocycles. The van der Waals surface area contributed by atoms with Crippen LogP contribution in [0.4, 0.5) is 0 Å². The number of ether oxygens (including phenoxy) is 2. The molecule has 6 unspecified atom stereocenters. The van der Waals surface area contributed by atoms with Gasteiger partial charge >= 0.3 is 19.8 Å². The summed E-state index contributed by atoms with van der Waals surface area (Å²) < 4.78 is 33.5. The molecule has 1 saturated carbocycles. The Balaban J connectivity index is 2.45. The van der Waals surface area contributed by atoms with Crippen LogP contribution < -0.4 is 0 Å². The Hall–Kier alpha value is -2.19. The van der Waals surface area contributed by atoms with Crippen LogP contribution in [0.15, 0.2) is 48.6 Å². The van der Waals surface area contributed by atoms with Crippen molar-refractivity contribution in [1.82, 2.24) is 0 Å². The first-order valence-corrected chi connectivity index (χ1v) is 25.9. The maximum atomic E-state index is 12.8. The molecule has 1 aliphatic carbocycles. The van der Waals surface area contributed by atoms with Gasteiger partial charge in [0.25, 0.3) is 0 Å². The molecule has 0 heterocycles. The first-order chi connectivity index (χ1) is 30.4. The second kappa shape index (κ2) is 39.0. The fourth-order valence-electron chi connectivity index (χ4n) is 7.21. The summed E-state index contributed by atoms with van der Waals surface area (Å²) in [6.45, 7) is 3.25. The summed E-state index contributed by atoms with van der Waals surface area (Å²) in [5.74, 6) is -1.13. The predicted molar refractivity (Wildman–Crippen MR) is 249 cm³/mol. The molecule has 0 spiro atoms. The molecule has 366 valence electrons. The number of phosphoric acid groups is 1. The van der Waals surface area contributed by atoms with Gasteiger partial charge in [-0.15, -0.1) is 0 Å². The monoisotopic (exact) mass is 915 g/mol. The molecule has 1 aliphatic rings. The van der Waals surface area contributed by atoms with E-state index in [1.807, 2.05) is 0 Å². The van der Waals surface area contributed by atoms with Gasteiger partial charge in [-0.1, -0.05) is 172 Å². The van der Waals surface area contributed by atoms with Gasteiger partial charge < -0.3 is 39.9 Å². The number of allylic oxidation sites excluding steroid dienone is 8. The molecule has 14 heteroatoms. The van der Waals surface area contributed by atoms with Crippen LogP contribution in [0.2, 0.25) is 0 Å². The number of aliphatic hydroxyl groups is 5. The average Bonchev–Trinajstić information content (AvgIpc) is 3.26. The van der Waals surface area contributed by atoms with Gasteiger partial charge in [0.05, 0.1) is 6.61 Å². The second-order valence-corrected chi connectivity index (χ2v) is 18.4. The van der Waals surface area contributed by atoms with E-state index >= 15 is 0 Å². The highest BCUT2D eigenvalue weighted by Gasteiger charge is 2.51. The average molecular weight is 915 g/mol. The topological polar surface area (TPSA) is 210 Å². The second-order valence-electron chi connectivity index (χ2n) is 17.0. The minimum absolute atomic E-state index is 0.0913. The highest BCUT2D eigenvalue weighted by atomic mass is 31.2. The van der Waals surface area contributed by atoms with E-state index in [9.17, 15) is 44.6 Å². The Kier molecular flexibility index (Phi) is 36.4. The van der Waals surface area contributed by atoms with E-state index in [-0.39, 0.29) is 12.8 Å². The molecule has 0 saturated heterocycles. The van der Waals surface area contributed by atoms with Crippen molar-refractivity contribution in [3.05, 3.63) is 48.6 Å².